The molecular weight excluding hydrogens is 356 g/mol. The lowest BCUT2D eigenvalue weighted by molar-refractivity contribution is -0.128. The van der Waals surface area contributed by atoms with Crippen LogP contribution in [0.5, 0.6) is 0 Å². The molecule has 1 aliphatic carbocycles. The highest BCUT2D eigenvalue weighted by molar-refractivity contribution is 8.00. The molecule has 1 aliphatic rings. The third-order valence-corrected chi connectivity index (χ3v) is 5.59. The maximum Gasteiger partial charge on any atom is 0.240 e. The molecule has 0 aliphatic heterocycles. The lowest BCUT2D eigenvalue weighted by Gasteiger charge is -2.20. The van der Waals surface area contributed by atoms with Crippen LogP contribution in [0.2, 0.25) is 0 Å². The number of aromatic nitrogens is 2. The standard InChI is InChI=1S/C21H22N4OS/c1-25(2)20(26)18(14-8-4-3-5-9-14)27-21-23-17-11-7-6-10-16(17)19(24-21)22-15-12-13-15/h3-11,15,18H,12-13H2,1-2H3,(H,22,23,24)/t18-/m1/s1. The Labute approximate surface area is 163 Å². The number of carbonyl (C=O) groups is 1. The second-order valence-corrected chi connectivity index (χ2v) is 8.00. The van der Waals surface area contributed by atoms with Gasteiger partial charge in [0.1, 0.15) is 11.1 Å². The summed E-state index contributed by atoms with van der Waals surface area (Å²) in [6.45, 7) is 0. The molecule has 1 heterocycles. The maximum absolute atomic E-state index is 12.8. The summed E-state index contributed by atoms with van der Waals surface area (Å²) in [4.78, 5) is 23.9. The molecule has 138 valence electrons. The molecule has 27 heavy (non-hydrogen) atoms. The van der Waals surface area contributed by atoms with Crippen LogP contribution in [-0.2, 0) is 4.79 Å². The third-order valence-electron chi connectivity index (χ3n) is 4.49. The van der Waals surface area contributed by atoms with Gasteiger partial charge in [-0.05, 0) is 30.5 Å². The van der Waals surface area contributed by atoms with E-state index in [4.69, 9.17) is 9.97 Å². The fourth-order valence-corrected chi connectivity index (χ4v) is 3.98. The van der Waals surface area contributed by atoms with Crippen LogP contribution in [0.4, 0.5) is 5.82 Å². The second-order valence-electron chi connectivity index (χ2n) is 6.93. The van der Waals surface area contributed by atoms with E-state index in [2.05, 4.69) is 5.32 Å². The van der Waals surface area contributed by atoms with Crippen molar-refractivity contribution < 1.29 is 4.79 Å². The zero-order chi connectivity index (χ0) is 18.8. The van der Waals surface area contributed by atoms with Crippen molar-refractivity contribution in [2.24, 2.45) is 0 Å². The molecule has 1 atom stereocenters. The van der Waals surface area contributed by atoms with Gasteiger partial charge in [0.25, 0.3) is 0 Å². The Bertz CT molecular complexity index is 957. The predicted octanol–water partition coefficient (Wildman–Crippen LogP) is 4.13. The lowest BCUT2D eigenvalue weighted by Crippen LogP contribution is -2.26. The molecule has 0 saturated heterocycles. The highest BCUT2D eigenvalue weighted by atomic mass is 32.2. The van der Waals surface area contributed by atoms with Gasteiger partial charge in [0.15, 0.2) is 5.16 Å². The van der Waals surface area contributed by atoms with E-state index in [0.717, 1.165) is 22.3 Å². The number of hydrogen-bond acceptors (Lipinski definition) is 5. The number of anilines is 1. The third kappa shape index (κ3) is 4.06. The number of hydrogen-bond donors (Lipinski definition) is 1. The molecule has 4 rings (SSSR count). The zero-order valence-corrected chi connectivity index (χ0v) is 16.2. The van der Waals surface area contributed by atoms with Crippen molar-refractivity contribution in [3.63, 3.8) is 0 Å². The first-order chi connectivity index (χ1) is 13.1. The monoisotopic (exact) mass is 378 g/mol. The summed E-state index contributed by atoms with van der Waals surface area (Å²) in [6, 6.07) is 18.3. The SMILES string of the molecule is CN(C)C(=O)[C@H](Sc1nc(NC2CC2)c2ccccc2n1)c1ccccc1. The molecule has 1 N–H and O–H groups in total. The average Bonchev–Trinajstić information content (AvgIpc) is 3.50. The number of likely N-dealkylation sites (N-methyl/N-ethyl adjacent to an activating group) is 1. The van der Waals surface area contributed by atoms with Gasteiger partial charge in [-0.15, -0.1) is 0 Å². The van der Waals surface area contributed by atoms with E-state index in [0.29, 0.717) is 11.2 Å². The smallest absolute Gasteiger partial charge is 0.240 e. The number of amides is 1. The second kappa shape index (κ2) is 7.56. The number of carbonyl (C=O) groups excluding carboxylic acids is 1. The van der Waals surface area contributed by atoms with Crippen molar-refractivity contribution in [1.82, 2.24) is 14.9 Å². The predicted molar refractivity (Wildman–Crippen MR) is 110 cm³/mol. The first kappa shape index (κ1) is 17.8. The molecule has 0 spiro atoms. The fourth-order valence-electron chi connectivity index (χ4n) is 2.87. The summed E-state index contributed by atoms with van der Waals surface area (Å²) in [6.07, 6.45) is 2.35. The Morgan fingerprint density at radius 2 is 1.78 bits per heavy atom. The van der Waals surface area contributed by atoms with Crippen LogP contribution >= 0.6 is 11.8 Å². The number of fused-ring (bicyclic) bond motifs is 1. The molecule has 3 aromatic rings. The molecule has 0 radical (unpaired) electrons. The summed E-state index contributed by atoms with van der Waals surface area (Å²) >= 11 is 1.40. The van der Waals surface area contributed by atoms with E-state index in [1.54, 1.807) is 19.0 Å². The molecular formula is C21H22N4OS. The van der Waals surface area contributed by atoms with Gasteiger partial charge in [-0.25, -0.2) is 9.97 Å². The molecule has 1 fully saturated rings. The molecule has 1 amide bonds. The fraction of sp³-hybridized carbons (Fsp3) is 0.286. The van der Waals surface area contributed by atoms with Gasteiger partial charge in [0.2, 0.25) is 5.91 Å². The molecule has 2 aromatic carbocycles. The van der Waals surface area contributed by atoms with Gasteiger partial charge in [-0.3, -0.25) is 4.79 Å². The van der Waals surface area contributed by atoms with Crippen molar-refractivity contribution in [2.75, 3.05) is 19.4 Å². The van der Waals surface area contributed by atoms with E-state index in [-0.39, 0.29) is 11.2 Å². The minimum Gasteiger partial charge on any atom is -0.367 e. The summed E-state index contributed by atoms with van der Waals surface area (Å²) < 4.78 is 0. The number of nitrogens with one attached hydrogen (secondary N) is 1. The largest absolute Gasteiger partial charge is 0.367 e. The van der Waals surface area contributed by atoms with E-state index < -0.39 is 0 Å². The molecule has 0 bridgehead atoms. The number of para-hydroxylation sites is 1. The minimum absolute atomic E-state index is 0.0275. The molecule has 1 aromatic heterocycles. The van der Waals surface area contributed by atoms with E-state index in [1.165, 1.54) is 24.6 Å². The Balaban J connectivity index is 1.72. The number of thioether (sulfide) groups is 1. The van der Waals surface area contributed by atoms with Crippen LogP contribution in [0.3, 0.4) is 0 Å². The first-order valence-corrected chi connectivity index (χ1v) is 9.96. The van der Waals surface area contributed by atoms with Crippen LogP contribution in [0.25, 0.3) is 10.9 Å². The van der Waals surface area contributed by atoms with Crippen molar-refractivity contribution in [3.8, 4) is 0 Å². The Morgan fingerprint density at radius 3 is 2.48 bits per heavy atom. The number of nitrogens with zero attached hydrogens (tertiary/aromatic N) is 3. The van der Waals surface area contributed by atoms with Crippen LogP contribution in [-0.4, -0.2) is 40.9 Å². The summed E-state index contributed by atoms with van der Waals surface area (Å²) in [7, 11) is 3.56. The van der Waals surface area contributed by atoms with Crippen molar-refractivity contribution in [1.29, 1.82) is 0 Å². The van der Waals surface area contributed by atoms with Gasteiger partial charge in [0.05, 0.1) is 5.52 Å². The highest BCUT2D eigenvalue weighted by Crippen LogP contribution is 2.37. The topological polar surface area (TPSA) is 58.1 Å². The van der Waals surface area contributed by atoms with Crippen LogP contribution < -0.4 is 5.32 Å². The average molecular weight is 379 g/mol. The lowest BCUT2D eigenvalue weighted by atomic mass is 10.1. The van der Waals surface area contributed by atoms with Crippen LogP contribution in [0.1, 0.15) is 23.7 Å². The minimum atomic E-state index is -0.379. The number of benzene rings is 2. The van der Waals surface area contributed by atoms with Gasteiger partial charge in [-0.1, -0.05) is 54.2 Å². The maximum atomic E-state index is 12.8. The molecule has 5 nitrogen and oxygen atoms in total. The van der Waals surface area contributed by atoms with E-state index in [9.17, 15) is 4.79 Å². The van der Waals surface area contributed by atoms with Gasteiger partial charge < -0.3 is 10.2 Å². The summed E-state index contributed by atoms with van der Waals surface area (Å²) in [5, 5.41) is 4.76. The normalized spacial score (nSPS) is 14.7. The van der Waals surface area contributed by atoms with Crippen molar-refractivity contribution >= 4 is 34.4 Å². The first-order valence-electron chi connectivity index (χ1n) is 9.08. The number of rotatable bonds is 6. The van der Waals surface area contributed by atoms with Gasteiger partial charge >= 0.3 is 0 Å². The molecule has 1 saturated carbocycles. The van der Waals surface area contributed by atoms with Crippen molar-refractivity contribution in [2.45, 2.75) is 29.3 Å². The van der Waals surface area contributed by atoms with Crippen LogP contribution in [0.15, 0.2) is 59.8 Å². The molecule has 6 heteroatoms. The summed E-state index contributed by atoms with van der Waals surface area (Å²) in [5.74, 6) is 0.884. The van der Waals surface area contributed by atoms with Crippen molar-refractivity contribution in [3.05, 3.63) is 60.2 Å². The Kier molecular flexibility index (Phi) is 4.99. The summed E-state index contributed by atoms with van der Waals surface area (Å²) in [5.41, 5.74) is 1.84. The van der Waals surface area contributed by atoms with E-state index >= 15 is 0 Å². The quantitative estimate of drug-likeness (QED) is 0.516. The Morgan fingerprint density at radius 1 is 1.07 bits per heavy atom. The van der Waals surface area contributed by atoms with Gasteiger partial charge in [-0.2, -0.15) is 0 Å². The van der Waals surface area contributed by atoms with E-state index in [1.807, 2.05) is 54.6 Å². The molecule has 0 unspecified atom stereocenters. The Hall–Kier alpha value is -2.60. The highest BCUT2D eigenvalue weighted by Gasteiger charge is 2.26. The zero-order valence-electron chi connectivity index (χ0n) is 15.4. The van der Waals surface area contributed by atoms with Crippen LogP contribution in [0, 0.1) is 0 Å². The van der Waals surface area contributed by atoms with Gasteiger partial charge in [0, 0.05) is 25.5 Å².